The van der Waals surface area contributed by atoms with E-state index in [4.69, 9.17) is 10.3 Å². The van der Waals surface area contributed by atoms with E-state index >= 15 is 0 Å². The van der Waals surface area contributed by atoms with Crippen LogP contribution < -0.4 is 5.73 Å². The van der Waals surface area contributed by atoms with E-state index in [0.717, 1.165) is 6.42 Å². The van der Waals surface area contributed by atoms with Crippen LogP contribution in [-0.2, 0) is 6.42 Å². The molecule has 0 saturated heterocycles. The maximum Gasteiger partial charge on any atom is 0.240 e. The highest BCUT2D eigenvalue weighted by molar-refractivity contribution is 7.99. The molecule has 2 unspecified atom stereocenters. The molecule has 2 atom stereocenters. The third kappa shape index (κ3) is 2.04. The largest absolute Gasteiger partial charge is 0.338 e. The number of aromatic nitrogens is 2. The molecule has 1 aliphatic heterocycles. The fraction of sp³-hybridized carbons (Fsp3) is 0.385. The van der Waals surface area contributed by atoms with Gasteiger partial charge in [-0.2, -0.15) is 4.98 Å². The Bertz CT molecular complexity index is 530. The number of benzene rings is 1. The summed E-state index contributed by atoms with van der Waals surface area (Å²) in [4.78, 5) is 5.78. The minimum atomic E-state index is 0.149. The molecule has 3 rings (SSSR count). The van der Waals surface area contributed by atoms with E-state index < -0.39 is 0 Å². The summed E-state index contributed by atoms with van der Waals surface area (Å²) in [7, 11) is 0. The van der Waals surface area contributed by atoms with Crippen LogP contribution >= 0.6 is 11.8 Å². The van der Waals surface area contributed by atoms with Gasteiger partial charge in [-0.25, -0.2) is 0 Å². The summed E-state index contributed by atoms with van der Waals surface area (Å²) < 4.78 is 5.37. The van der Waals surface area contributed by atoms with Gasteiger partial charge in [0.25, 0.3) is 0 Å². The zero-order valence-corrected chi connectivity index (χ0v) is 11.0. The molecule has 4 nitrogen and oxygen atoms in total. The van der Waals surface area contributed by atoms with Gasteiger partial charge >= 0.3 is 0 Å². The number of hydrogen-bond acceptors (Lipinski definition) is 5. The van der Waals surface area contributed by atoms with Crippen LogP contribution in [-0.4, -0.2) is 16.7 Å². The normalized spacial score (nSPS) is 19.8. The van der Waals surface area contributed by atoms with Gasteiger partial charge in [-0.3, -0.25) is 0 Å². The lowest BCUT2D eigenvalue weighted by molar-refractivity contribution is 0.369. The van der Waals surface area contributed by atoms with E-state index in [9.17, 15) is 0 Å². The van der Waals surface area contributed by atoms with Crippen molar-refractivity contribution in [3.63, 3.8) is 0 Å². The average molecular weight is 261 g/mol. The van der Waals surface area contributed by atoms with Gasteiger partial charge in [0.1, 0.15) is 0 Å². The number of nitrogens with zero attached hydrogens (tertiary/aromatic N) is 2. The Morgan fingerprint density at radius 1 is 1.50 bits per heavy atom. The Labute approximate surface area is 110 Å². The Morgan fingerprint density at radius 3 is 3.11 bits per heavy atom. The van der Waals surface area contributed by atoms with Gasteiger partial charge in [-0.15, -0.1) is 11.8 Å². The molecule has 1 aliphatic rings. The Kier molecular flexibility index (Phi) is 3.09. The minimum Gasteiger partial charge on any atom is -0.338 e. The summed E-state index contributed by atoms with van der Waals surface area (Å²) in [5, 5.41) is 4.26. The van der Waals surface area contributed by atoms with Crippen molar-refractivity contribution >= 4 is 11.8 Å². The van der Waals surface area contributed by atoms with Crippen molar-refractivity contribution in [1.82, 2.24) is 10.1 Å². The quantitative estimate of drug-likeness (QED) is 0.919. The summed E-state index contributed by atoms with van der Waals surface area (Å²) in [5.41, 5.74) is 6.97. The lowest BCUT2D eigenvalue weighted by Crippen LogP contribution is -2.10. The summed E-state index contributed by atoms with van der Waals surface area (Å²) in [5.74, 6) is 1.58. The second-order valence-electron chi connectivity index (χ2n) is 4.55. The van der Waals surface area contributed by atoms with E-state index in [-0.39, 0.29) is 11.2 Å². The molecule has 1 aromatic carbocycles. The number of nitrogens with two attached hydrogens (primary N) is 1. The van der Waals surface area contributed by atoms with E-state index in [1.165, 1.54) is 10.5 Å². The van der Waals surface area contributed by atoms with Crippen LogP contribution in [0.15, 0.2) is 33.7 Å². The molecule has 0 radical (unpaired) electrons. The average Bonchev–Trinajstić information content (AvgIpc) is 3.03. The lowest BCUT2D eigenvalue weighted by Gasteiger charge is -2.01. The van der Waals surface area contributed by atoms with Gasteiger partial charge in [0.05, 0.1) is 5.25 Å². The Morgan fingerprint density at radius 2 is 2.33 bits per heavy atom. The van der Waals surface area contributed by atoms with Gasteiger partial charge < -0.3 is 10.3 Å². The first-order valence-corrected chi connectivity index (χ1v) is 6.94. The smallest absolute Gasteiger partial charge is 0.240 e. The van der Waals surface area contributed by atoms with Crippen LogP contribution in [0.2, 0.25) is 0 Å². The first kappa shape index (κ1) is 11.7. The predicted octanol–water partition coefficient (Wildman–Crippen LogP) is 2.52. The van der Waals surface area contributed by atoms with Gasteiger partial charge in [0.15, 0.2) is 5.82 Å². The summed E-state index contributed by atoms with van der Waals surface area (Å²) >= 11 is 1.79. The highest BCUT2D eigenvalue weighted by Crippen LogP contribution is 2.45. The van der Waals surface area contributed by atoms with E-state index in [1.807, 2.05) is 6.92 Å². The molecule has 0 fully saturated rings. The van der Waals surface area contributed by atoms with Crippen molar-refractivity contribution in [2.24, 2.45) is 5.73 Å². The molecule has 2 N–H and O–H groups in total. The lowest BCUT2D eigenvalue weighted by atomic mass is 10.1. The van der Waals surface area contributed by atoms with Gasteiger partial charge in [0, 0.05) is 17.4 Å². The Balaban J connectivity index is 1.80. The first-order valence-electron chi connectivity index (χ1n) is 6.06. The molecule has 94 valence electrons. The van der Waals surface area contributed by atoms with E-state index in [2.05, 4.69) is 34.4 Å². The molecule has 0 saturated carbocycles. The fourth-order valence-corrected chi connectivity index (χ4v) is 3.23. The van der Waals surface area contributed by atoms with Gasteiger partial charge in [-0.05, 0) is 18.1 Å². The van der Waals surface area contributed by atoms with Crippen molar-refractivity contribution in [3.05, 3.63) is 41.5 Å². The molecule has 2 heterocycles. The summed E-state index contributed by atoms with van der Waals surface area (Å²) in [6.45, 7) is 2.54. The molecule has 0 amide bonds. The topological polar surface area (TPSA) is 64.9 Å². The molecule has 18 heavy (non-hydrogen) atoms. The number of rotatable bonds is 3. The van der Waals surface area contributed by atoms with Crippen molar-refractivity contribution < 1.29 is 4.52 Å². The molecule has 0 spiro atoms. The molecular weight excluding hydrogens is 246 g/mol. The third-order valence-corrected chi connectivity index (χ3v) is 4.48. The second kappa shape index (κ2) is 4.74. The monoisotopic (exact) mass is 261 g/mol. The van der Waals surface area contributed by atoms with Gasteiger partial charge in [0.2, 0.25) is 5.89 Å². The summed E-state index contributed by atoms with van der Waals surface area (Å²) in [6.07, 6.45) is 0.958. The van der Waals surface area contributed by atoms with E-state index in [0.29, 0.717) is 18.3 Å². The number of fused-ring (bicyclic) bond motifs is 1. The Hall–Kier alpha value is -1.33. The first-order chi connectivity index (χ1) is 8.78. The van der Waals surface area contributed by atoms with Crippen LogP contribution in [0.4, 0.5) is 0 Å². The van der Waals surface area contributed by atoms with Crippen LogP contribution in [0.25, 0.3) is 0 Å². The minimum absolute atomic E-state index is 0.149. The van der Waals surface area contributed by atoms with Crippen LogP contribution in [0.3, 0.4) is 0 Å². The summed E-state index contributed by atoms with van der Waals surface area (Å²) in [6, 6.07) is 8.42. The van der Waals surface area contributed by atoms with Gasteiger partial charge in [-0.1, -0.05) is 30.3 Å². The number of hydrogen-bond donors (Lipinski definition) is 1. The SMILES string of the molecule is CC(CN)c1noc(C2Cc3ccccc3S2)n1. The maximum absolute atomic E-state index is 5.61. The molecular formula is C13H15N3OS. The molecule has 0 aliphatic carbocycles. The zero-order chi connectivity index (χ0) is 12.5. The fourth-order valence-electron chi connectivity index (χ4n) is 2.00. The maximum atomic E-state index is 5.61. The molecule has 2 aromatic rings. The van der Waals surface area contributed by atoms with E-state index in [1.54, 1.807) is 11.8 Å². The highest BCUT2D eigenvalue weighted by Gasteiger charge is 2.28. The van der Waals surface area contributed by atoms with Crippen molar-refractivity contribution in [3.8, 4) is 0 Å². The van der Waals surface area contributed by atoms with Crippen molar-refractivity contribution in [2.75, 3.05) is 6.54 Å². The van der Waals surface area contributed by atoms with Crippen molar-refractivity contribution in [2.45, 2.75) is 29.4 Å². The van der Waals surface area contributed by atoms with Crippen molar-refractivity contribution in [1.29, 1.82) is 0 Å². The molecule has 0 bridgehead atoms. The van der Waals surface area contributed by atoms with Crippen LogP contribution in [0, 0.1) is 0 Å². The molecule has 1 aromatic heterocycles. The number of thioether (sulfide) groups is 1. The second-order valence-corrected chi connectivity index (χ2v) is 5.79. The highest BCUT2D eigenvalue weighted by atomic mass is 32.2. The molecule has 5 heteroatoms. The standard InChI is InChI=1S/C13H15N3OS/c1-8(7-14)12-15-13(17-16-12)11-6-9-4-2-3-5-10(9)18-11/h2-5,8,11H,6-7,14H2,1H3. The van der Waals surface area contributed by atoms with Crippen LogP contribution in [0.1, 0.15) is 35.4 Å². The van der Waals surface area contributed by atoms with Crippen LogP contribution in [0.5, 0.6) is 0 Å². The zero-order valence-electron chi connectivity index (χ0n) is 10.2. The predicted molar refractivity (Wildman–Crippen MR) is 70.5 cm³/mol. The third-order valence-electron chi connectivity index (χ3n) is 3.17.